The Bertz CT molecular complexity index is 1190. The van der Waals surface area contributed by atoms with Crippen molar-refractivity contribution in [2.24, 2.45) is 0 Å². The highest BCUT2D eigenvalue weighted by Crippen LogP contribution is 2.14. The summed E-state index contributed by atoms with van der Waals surface area (Å²) in [7, 11) is 0. The highest BCUT2D eigenvalue weighted by Gasteiger charge is 2.19. The van der Waals surface area contributed by atoms with Crippen molar-refractivity contribution in [1.82, 2.24) is 0 Å². The zero-order chi connectivity index (χ0) is 45.8. The van der Waals surface area contributed by atoms with E-state index in [1.165, 1.54) is 122 Å². The van der Waals surface area contributed by atoms with Crippen LogP contribution in [0.1, 0.15) is 252 Å². The summed E-state index contributed by atoms with van der Waals surface area (Å²) in [6.07, 6.45) is 64.6. The van der Waals surface area contributed by atoms with Crippen molar-refractivity contribution in [1.29, 1.82) is 0 Å². The summed E-state index contributed by atoms with van der Waals surface area (Å²) in [5.41, 5.74) is 0. The van der Waals surface area contributed by atoms with Gasteiger partial charge in [-0.05, 0) is 89.9 Å². The van der Waals surface area contributed by atoms with Crippen LogP contribution in [0.3, 0.4) is 0 Å². The van der Waals surface area contributed by atoms with Gasteiger partial charge in [0.2, 0.25) is 0 Å². The van der Waals surface area contributed by atoms with Gasteiger partial charge in [0.1, 0.15) is 13.2 Å². The van der Waals surface area contributed by atoms with Crippen LogP contribution in [0.4, 0.5) is 0 Å². The van der Waals surface area contributed by atoms with Gasteiger partial charge in [0, 0.05) is 19.3 Å². The van der Waals surface area contributed by atoms with Crippen LogP contribution in [0.15, 0.2) is 72.9 Å². The quantitative estimate of drug-likeness (QED) is 0.0199. The molecule has 0 saturated carbocycles. The molecule has 0 aromatic rings. The molecule has 0 saturated heterocycles. The van der Waals surface area contributed by atoms with E-state index in [-0.39, 0.29) is 31.1 Å². The van der Waals surface area contributed by atoms with Crippen molar-refractivity contribution < 1.29 is 28.6 Å². The lowest BCUT2D eigenvalue weighted by atomic mass is 10.1. The molecule has 1 unspecified atom stereocenters. The molecular weight excluding hydrogens is 781 g/mol. The number of hydrogen-bond acceptors (Lipinski definition) is 6. The van der Waals surface area contributed by atoms with Gasteiger partial charge in [-0.25, -0.2) is 0 Å². The Morgan fingerprint density at radius 1 is 0.333 bits per heavy atom. The van der Waals surface area contributed by atoms with Gasteiger partial charge < -0.3 is 14.2 Å². The van der Waals surface area contributed by atoms with Crippen molar-refractivity contribution >= 4 is 17.9 Å². The van der Waals surface area contributed by atoms with E-state index < -0.39 is 6.10 Å². The molecule has 63 heavy (non-hydrogen) atoms. The van der Waals surface area contributed by atoms with Crippen LogP contribution >= 0.6 is 0 Å². The Morgan fingerprint density at radius 3 is 1.03 bits per heavy atom. The topological polar surface area (TPSA) is 78.9 Å². The number of unbranched alkanes of at least 4 members (excludes halogenated alkanes) is 27. The molecule has 0 rings (SSSR count). The second-order valence-electron chi connectivity index (χ2n) is 17.5. The number of esters is 3. The van der Waals surface area contributed by atoms with Crippen molar-refractivity contribution in [3.8, 4) is 0 Å². The van der Waals surface area contributed by atoms with E-state index in [0.717, 1.165) is 89.9 Å². The van der Waals surface area contributed by atoms with Gasteiger partial charge in [0.25, 0.3) is 0 Å². The standard InChI is InChI=1S/C57H98O6/c1-4-7-10-13-16-19-22-25-27-29-32-35-38-41-44-47-50-56(59)62-53-54(52-61-55(58)49-46-43-40-37-34-31-24-21-18-15-12-9-6-3)63-57(60)51-48-45-42-39-36-33-30-28-26-23-20-17-14-11-8-5-2/h9,12,15,18,21,24,27-31,34,54H,4-8,10-11,13-14,16-17,19-20,22-23,25-26,32-33,35-53H2,1-3H3/b12-9-,18-15-,24-21-,29-27-,30-28-,34-31-. The minimum atomic E-state index is -0.798. The predicted molar refractivity (Wildman–Crippen MR) is 270 cm³/mol. The molecule has 6 nitrogen and oxygen atoms in total. The zero-order valence-electron chi connectivity index (χ0n) is 41.3. The number of hydrogen-bond donors (Lipinski definition) is 0. The van der Waals surface area contributed by atoms with Gasteiger partial charge in [0.15, 0.2) is 6.10 Å². The molecule has 0 amide bonds. The molecule has 0 aromatic heterocycles. The van der Waals surface area contributed by atoms with Gasteiger partial charge in [-0.2, -0.15) is 0 Å². The molecule has 0 heterocycles. The summed E-state index contributed by atoms with van der Waals surface area (Å²) >= 11 is 0. The molecule has 0 N–H and O–H groups in total. The average Bonchev–Trinajstić information content (AvgIpc) is 3.28. The van der Waals surface area contributed by atoms with Gasteiger partial charge in [-0.15, -0.1) is 0 Å². The molecule has 0 fully saturated rings. The van der Waals surface area contributed by atoms with Crippen LogP contribution in [0, 0.1) is 0 Å². The fraction of sp³-hybridized carbons (Fsp3) is 0.737. The van der Waals surface area contributed by atoms with Crippen LogP contribution in [0.5, 0.6) is 0 Å². The molecule has 0 aliphatic heterocycles. The van der Waals surface area contributed by atoms with Crippen LogP contribution in [0.25, 0.3) is 0 Å². The molecule has 0 radical (unpaired) electrons. The fourth-order valence-corrected chi connectivity index (χ4v) is 7.27. The van der Waals surface area contributed by atoms with Gasteiger partial charge in [-0.1, -0.05) is 216 Å². The molecule has 362 valence electrons. The number of ether oxygens (including phenoxy) is 3. The Labute approximate surface area is 389 Å². The fourth-order valence-electron chi connectivity index (χ4n) is 7.27. The summed E-state index contributed by atoms with van der Waals surface area (Å²) in [6.45, 7) is 6.45. The van der Waals surface area contributed by atoms with E-state index >= 15 is 0 Å². The second kappa shape index (κ2) is 51.5. The Hall–Kier alpha value is -3.15. The highest BCUT2D eigenvalue weighted by molar-refractivity contribution is 5.71. The van der Waals surface area contributed by atoms with Gasteiger partial charge >= 0.3 is 17.9 Å². The lowest BCUT2D eigenvalue weighted by Crippen LogP contribution is -2.30. The molecule has 0 spiro atoms. The third kappa shape index (κ3) is 49.7. The predicted octanol–water partition coefficient (Wildman–Crippen LogP) is 17.4. The monoisotopic (exact) mass is 879 g/mol. The molecule has 0 aliphatic carbocycles. The molecule has 6 heteroatoms. The van der Waals surface area contributed by atoms with E-state index in [2.05, 4.69) is 57.2 Å². The Kier molecular flexibility index (Phi) is 48.9. The minimum Gasteiger partial charge on any atom is -0.462 e. The van der Waals surface area contributed by atoms with Gasteiger partial charge in [-0.3, -0.25) is 14.4 Å². The van der Waals surface area contributed by atoms with Crippen molar-refractivity contribution in [2.45, 2.75) is 258 Å². The maximum Gasteiger partial charge on any atom is 0.306 e. The molecule has 1 atom stereocenters. The summed E-state index contributed by atoms with van der Waals surface area (Å²) in [5, 5.41) is 0. The van der Waals surface area contributed by atoms with E-state index in [4.69, 9.17) is 14.2 Å². The first kappa shape index (κ1) is 59.9. The largest absolute Gasteiger partial charge is 0.462 e. The number of allylic oxidation sites excluding steroid dienone is 12. The third-order valence-electron chi connectivity index (χ3n) is 11.3. The van der Waals surface area contributed by atoms with E-state index in [1.54, 1.807) is 0 Å². The maximum absolute atomic E-state index is 12.8. The summed E-state index contributed by atoms with van der Waals surface area (Å²) in [6, 6.07) is 0. The average molecular weight is 879 g/mol. The normalized spacial score (nSPS) is 12.6. The van der Waals surface area contributed by atoms with E-state index in [0.29, 0.717) is 19.3 Å². The second-order valence-corrected chi connectivity index (χ2v) is 17.5. The SMILES string of the molecule is CC\C=C/C=C\C=C/C=C\CCCCCC(=O)OCC(COC(=O)CCCCCCC/C=C\CCCCCCCCC)OC(=O)CCCCCCC/C=C\CCCCCCCCC. The summed E-state index contributed by atoms with van der Waals surface area (Å²) < 4.78 is 16.8. The third-order valence-corrected chi connectivity index (χ3v) is 11.3. The summed E-state index contributed by atoms with van der Waals surface area (Å²) in [5.74, 6) is -0.949. The lowest BCUT2D eigenvalue weighted by Gasteiger charge is -2.18. The van der Waals surface area contributed by atoms with E-state index in [1.807, 2.05) is 36.5 Å². The van der Waals surface area contributed by atoms with E-state index in [9.17, 15) is 14.4 Å². The summed E-state index contributed by atoms with van der Waals surface area (Å²) in [4.78, 5) is 38.0. The minimum absolute atomic E-state index is 0.0957. The number of rotatable bonds is 47. The highest BCUT2D eigenvalue weighted by atomic mass is 16.6. The van der Waals surface area contributed by atoms with Gasteiger partial charge in [0.05, 0.1) is 0 Å². The van der Waals surface area contributed by atoms with Crippen LogP contribution in [-0.2, 0) is 28.6 Å². The lowest BCUT2D eigenvalue weighted by molar-refractivity contribution is -0.167. The number of carbonyl (C=O) groups excluding carboxylic acids is 3. The molecular formula is C57H98O6. The van der Waals surface area contributed by atoms with Crippen molar-refractivity contribution in [3.05, 3.63) is 72.9 Å². The molecule has 0 bridgehead atoms. The first-order valence-corrected chi connectivity index (χ1v) is 26.5. The van der Waals surface area contributed by atoms with Crippen LogP contribution in [-0.4, -0.2) is 37.2 Å². The smallest absolute Gasteiger partial charge is 0.306 e. The van der Waals surface area contributed by atoms with Crippen LogP contribution in [0.2, 0.25) is 0 Å². The molecule has 0 aromatic carbocycles. The zero-order valence-corrected chi connectivity index (χ0v) is 41.3. The Balaban J connectivity index is 4.45. The first-order chi connectivity index (χ1) is 31.0. The molecule has 0 aliphatic rings. The first-order valence-electron chi connectivity index (χ1n) is 26.5. The number of carbonyl (C=O) groups is 3. The maximum atomic E-state index is 12.8. The van der Waals surface area contributed by atoms with Crippen molar-refractivity contribution in [2.75, 3.05) is 13.2 Å². The van der Waals surface area contributed by atoms with Crippen LogP contribution < -0.4 is 0 Å². The Morgan fingerprint density at radius 2 is 0.635 bits per heavy atom. The van der Waals surface area contributed by atoms with Crippen molar-refractivity contribution in [3.63, 3.8) is 0 Å².